The fourth-order valence-corrected chi connectivity index (χ4v) is 5.18. The number of carbonyl (C=O) groups excluding carboxylic acids is 2. The first-order valence-corrected chi connectivity index (χ1v) is 10.6. The van der Waals surface area contributed by atoms with E-state index in [-0.39, 0.29) is 17.4 Å². The Kier molecular flexibility index (Phi) is 5.53. The zero-order valence-electron chi connectivity index (χ0n) is 16.2. The number of aryl methyl sites for hydroxylation is 2. The summed E-state index contributed by atoms with van der Waals surface area (Å²) in [4.78, 5) is 37.1. The minimum atomic E-state index is -0.548. The van der Waals surface area contributed by atoms with Crippen molar-refractivity contribution in [1.29, 1.82) is 0 Å². The molecule has 3 aromatic rings. The van der Waals surface area contributed by atoms with Crippen LogP contribution in [0, 0.1) is 6.92 Å². The van der Waals surface area contributed by atoms with Crippen molar-refractivity contribution in [2.45, 2.75) is 32.6 Å². The molecule has 9 heteroatoms. The average Bonchev–Trinajstić information content (AvgIpc) is 3.05. The predicted octanol–water partition coefficient (Wildman–Crippen LogP) is 3.81. The Balaban J connectivity index is 1.52. The standard InChI is InChI=1S/C21H19ClN2O5S/c1-10-6-18(26)29-14-8-15(13(22)7-12(10)14)28-9-17(25)24-21-19(20(23)27)11-4-2-3-5-16(11)30-21/h6-8H,2-5,9H2,1H3,(H2,23,27)(H,24,25). The number of benzene rings is 1. The van der Waals surface area contributed by atoms with Crippen LogP contribution in [0.5, 0.6) is 5.75 Å². The summed E-state index contributed by atoms with van der Waals surface area (Å²) in [6.45, 7) is 1.45. The van der Waals surface area contributed by atoms with E-state index in [0.29, 0.717) is 21.5 Å². The number of halogens is 1. The summed E-state index contributed by atoms with van der Waals surface area (Å²) in [6, 6.07) is 4.49. The van der Waals surface area contributed by atoms with Gasteiger partial charge in [-0.15, -0.1) is 11.3 Å². The number of anilines is 1. The molecule has 0 aliphatic heterocycles. The van der Waals surface area contributed by atoms with E-state index in [0.717, 1.165) is 41.7 Å². The lowest BCUT2D eigenvalue weighted by molar-refractivity contribution is -0.118. The number of carbonyl (C=O) groups is 2. The highest BCUT2D eigenvalue weighted by molar-refractivity contribution is 7.17. The van der Waals surface area contributed by atoms with Gasteiger partial charge in [-0.05, 0) is 49.8 Å². The van der Waals surface area contributed by atoms with Gasteiger partial charge in [-0.25, -0.2) is 4.79 Å². The lowest BCUT2D eigenvalue weighted by atomic mass is 9.95. The molecule has 1 aliphatic rings. The lowest BCUT2D eigenvalue weighted by Gasteiger charge is -2.11. The van der Waals surface area contributed by atoms with E-state index in [9.17, 15) is 14.4 Å². The quantitative estimate of drug-likeness (QED) is 0.579. The van der Waals surface area contributed by atoms with Gasteiger partial charge < -0.3 is 20.2 Å². The Labute approximate surface area is 180 Å². The second-order valence-electron chi connectivity index (χ2n) is 7.14. The maximum atomic E-state index is 12.5. The summed E-state index contributed by atoms with van der Waals surface area (Å²) in [7, 11) is 0. The van der Waals surface area contributed by atoms with E-state index in [1.165, 1.54) is 23.5 Å². The van der Waals surface area contributed by atoms with E-state index in [1.54, 1.807) is 13.0 Å². The van der Waals surface area contributed by atoms with Crippen LogP contribution in [0.1, 0.15) is 39.2 Å². The first-order chi connectivity index (χ1) is 14.3. The van der Waals surface area contributed by atoms with Crippen LogP contribution in [-0.2, 0) is 17.6 Å². The van der Waals surface area contributed by atoms with Gasteiger partial charge in [0.1, 0.15) is 16.3 Å². The SMILES string of the molecule is Cc1cc(=O)oc2cc(OCC(=O)Nc3sc4c(c3C(N)=O)CCCC4)c(Cl)cc12. The molecule has 30 heavy (non-hydrogen) atoms. The van der Waals surface area contributed by atoms with Crippen LogP contribution in [0.25, 0.3) is 11.0 Å². The number of primary amides is 1. The van der Waals surface area contributed by atoms with Crippen molar-refractivity contribution in [2.24, 2.45) is 5.73 Å². The number of fused-ring (bicyclic) bond motifs is 2. The smallest absolute Gasteiger partial charge is 0.336 e. The number of rotatable bonds is 5. The molecule has 0 radical (unpaired) electrons. The lowest BCUT2D eigenvalue weighted by Crippen LogP contribution is -2.22. The predicted molar refractivity (Wildman–Crippen MR) is 116 cm³/mol. The molecule has 2 heterocycles. The largest absolute Gasteiger partial charge is 0.482 e. The summed E-state index contributed by atoms with van der Waals surface area (Å²) >= 11 is 7.64. The molecule has 0 unspecified atom stereocenters. The normalized spacial score (nSPS) is 13.1. The van der Waals surface area contributed by atoms with Crippen LogP contribution in [0.3, 0.4) is 0 Å². The van der Waals surface area contributed by atoms with Gasteiger partial charge >= 0.3 is 5.63 Å². The number of hydrogen-bond acceptors (Lipinski definition) is 6. The molecule has 2 amide bonds. The highest BCUT2D eigenvalue weighted by Crippen LogP contribution is 2.38. The number of nitrogens with two attached hydrogens (primary N) is 1. The van der Waals surface area contributed by atoms with Gasteiger partial charge in [0, 0.05) is 22.4 Å². The molecular weight excluding hydrogens is 428 g/mol. The maximum absolute atomic E-state index is 12.5. The van der Waals surface area contributed by atoms with Gasteiger partial charge in [0.25, 0.3) is 11.8 Å². The zero-order valence-corrected chi connectivity index (χ0v) is 17.7. The van der Waals surface area contributed by atoms with Crippen molar-refractivity contribution in [3.8, 4) is 5.75 Å². The summed E-state index contributed by atoms with van der Waals surface area (Å²) in [5.41, 5.74) is 7.46. The van der Waals surface area contributed by atoms with Crippen molar-refractivity contribution in [1.82, 2.24) is 0 Å². The minimum absolute atomic E-state index is 0.216. The van der Waals surface area contributed by atoms with Crippen LogP contribution in [0.4, 0.5) is 5.00 Å². The van der Waals surface area contributed by atoms with Crippen molar-refractivity contribution in [3.63, 3.8) is 0 Å². The molecule has 0 saturated heterocycles. The summed E-state index contributed by atoms with van der Waals surface area (Å²) in [5.74, 6) is -0.778. The second-order valence-corrected chi connectivity index (χ2v) is 8.66. The van der Waals surface area contributed by atoms with Crippen LogP contribution < -0.4 is 21.4 Å². The zero-order chi connectivity index (χ0) is 21.4. The fraction of sp³-hybridized carbons (Fsp3) is 0.286. The Morgan fingerprint density at radius 2 is 2.03 bits per heavy atom. The Hall–Kier alpha value is -2.84. The van der Waals surface area contributed by atoms with Gasteiger partial charge in [0.05, 0.1) is 10.6 Å². The fourth-order valence-electron chi connectivity index (χ4n) is 3.65. The van der Waals surface area contributed by atoms with Crippen molar-refractivity contribution >= 4 is 50.7 Å². The van der Waals surface area contributed by atoms with Gasteiger partial charge in [-0.2, -0.15) is 0 Å². The second kappa shape index (κ2) is 8.12. The first kappa shape index (κ1) is 20.4. The number of hydrogen-bond donors (Lipinski definition) is 2. The Bertz CT molecular complexity index is 1230. The van der Waals surface area contributed by atoms with Crippen LogP contribution in [-0.4, -0.2) is 18.4 Å². The van der Waals surface area contributed by atoms with Crippen molar-refractivity contribution in [2.75, 3.05) is 11.9 Å². The van der Waals surface area contributed by atoms with E-state index < -0.39 is 17.4 Å². The van der Waals surface area contributed by atoms with Crippen molar-refractivity contribution in [3.05, 3.63) is 55.2 Å². The summed E-state index contributed by atoms with van der Waals surface area (Å²) < 4.78 is 10.7. The third-order valence-corrected chi connectivity index (χ3v) is 6.54. The third-order valence-electron chi connectivity index (χ3n) is 5.03. The van der Waals surface area contributed by atoms with Gasteiger partial charge in [-0.3, -0.25) is 9.59 Å². The van der Waals surface area contributed by atoms with Crippen LogP contribution in [0.2, 0.25) is 5.02 Å². The molecule has 0 saturated carbocycles. The highest BCUT2D eigenvalue weighted by Gasteiger charge is 2.25. The number of nitrogens with one attached hydrogen (secondary N) is 1. The molecule has 1 aliphatic carbocycles. The Morgan fingerprint density at radius 1 is 1.27 bits per heavy atom. The molecule has 4 rings (SSSR count). The van der Waals surface area contributed by atoms with E-state index in [1.807, 2.05) is 0 Å². The Morgan fingerprint density at radius 3 is 2.80 bits per heavy atom. The molecule has 0 bridgehead atoms. The molecule has 0 fully saturated rings. The van der Waals surface area contributed by atoms with E-state index in [4.69, 9.17) is 26.5 Å². The number of amides is 2. The molecule has 1 aromatic carbocycles. The maximum Gasteiger partial charge on any atom is 0.336 e. The van der Waals surface area contributed by atoms with Gasteiger partial charge in [-0.1, -0.05) is 11.6 Å². The van der Waals surface area contributed by atoms with Gasteiger partial charge in [0.15, 0.2) is 6.61 Å². The van der Waals surface area contributed by atoms with Crippen LogP contribution in [0.15, 0.2) is 27.4 Å². The third kappa shape index (κ3) is 3.93. The minimum Gasteiger partial charge on any atom is -0.482 e. The van der Waals surface area contributed by atoms with E-state index >= 15 is 0 Å². The van der Waals surface area contributed by atoms with E-state index in [2.05, 4.69) is 5.32 Å². The molecule has 0 atom stereocenters. The molecular formula is C21H19ClN2O5S. The summed E-state index contributed by atoms with van der Waals surface area (Å²) in [6.07, 6.45) is 3.71. The molecule has 3 N–H and O–H groups in total. The molecule has 0 spiro atoms. The van der Waals surface area contributed by atoms with Crippen LogP contribution >= 0.6 is 22.9 Å². The number of thiophene rings is 1. The average molecular weight is 447 g/mol. The molecule has 7 nitrogen and oxygen atoms in total. The van der Waals surface area contributed by atoms with Crippen molar-refractivity contribution < 1.29 is 18.7 Å². The number of ether oxygens (including phenoxy) is 1. The molecule has 156 valence electrons. The highest BCUT2D eigenvalue weighted by atomic mass is 35.5. The topological polar surface area (TPSA) is 112 Å². The molecule has 2 aromatic heterocycles. The monoisotopic (exact) mass is 446 g/mol. The summed E-state index contributed by atoms with van der Waals surface area (Å²) in [5, 5.41) is 4.16. The van der Waals surface area contributed by atoms with Gasteiger partial charge in [0.2, 0.25) is 0 Å². The first-order valence-electron chi connectivity index (χ1n) is 9.44.